The van der Waals surface area contributed by atoms with Gasteiger partial charge < -0.3 is 4.74 Å². The lowest BCUT2D eigenvalue weighted by Gasteiger charge is -2.20. The number of carbonyl (C=O) groups excluding carboxylic acids is 1. The number of allylic oxidation sites excluding steroid dienone is 1. The van der Waals surface area contributed by atoms with Crippen LogP contribution in [0.25, 0.3) is 0 Å². The molecule has 0 unspecified atom stereocenters. The molecule has 0 atom stereocenters. The Morgan fingerprint density at radius 3 is 2.27 bits per heavy atom. The number of ether oxygens (including phenoxy) is 1. The summed E-state index contributed by atoms with van der Waals surface area (Å²) in [5.74, 6) is -0.180. The van der Waals surface area contributed by atoms with E-state index in [9.17, 15) is 4.79 Å². The Morgan fingerprint density at radius 2 is 2.00 bits per heavy atom. The third kappa shape index (κ3) is 3.21. The van der Waals surface area contributed by atoms with Gasteiger partial charge in [-0.2, -0.15) is 0 Å². The molecule has 0 aliphatic rings. The van der Waals surface area contributed by atoms with Gasteiger partial charge in [0.1, 0.15) is 0 Å². The number of rotatable bonds is 3. The summed E-state index contributed by atoms with van der Waals surface area (Å²) in [5, 5.41) is 0. The predicted molar refractivity (Wildman–Crippen MR) is 45.2 cm³/mol. The summed E-state index contributed by atoms with van der Waals surface area (Å²) in [6.45, 7) is 9.37. The van der Waals surface area contributed by atoms with Crippen molar-refractivity contribution in [1.82, 2.24) is 0 Å². The maximum Gasteiger partial charge on any atom is 0.311 e. The fourth-order valence-electron chi connectivity index (χ4n) is 1.10. The molecule has 0 saturated heterocycles. The van der Waals surface area contributed by atoms with Crippen LogP contribution in [0.2, 0.25) is 0 Å². The molecule has 0 aliphatic carbocycles. The van der Waals surface area contributed by atoms with E-state index >= 15 is 0 Å². The van der Waals surface area contributed by atoms with E-state index in [2.05, 4.69) is 11.3 Å². The molecule has 0 aromatic carbocycles. The average molecular weight is 156 g/mol. The van der Waals surface area contributed by atoms with Crippen molar-refractivity contribution in [3.8, 4) is 0 Å². The molecule has 0 radical (unpaired) electrons. The lowest BCUT2D eigenvalue weighted by molar-refractivity contribution is -0.150. The van der Waals surface area contributed by atoms with Crippen molar-refractivity contribution in [1.29, 1.82) is 0 Å². The van der Waals surface area contributed by atoms with Crippen LogP contribution in [0.3, 0.4) is 0 Å². The topological polar surface area (TPSA) is 26.3 Å². The van der Waals surface area contributed by atoms with Crippen LogP contribution in [0.15, 0.2) is 12.2 Å². The number of hydrogen-bond acceptors (Lipinski definition) is 2. The lowest BCUT2D eigenvalue weighted by atomic mass is 9.87. The van der Waals surface area contributed by atoms with E-state index in [-0.39, 0.29) is 5.97 Å². The van der Waals surface area contributed by atoms with Gasteiger partial charge in [0.05, 0.1) is 12.5 Å². The molecule has 0 spiro atoms. The molecule has 2 heteroatoms. The first-order chi connectivity index (χ1) is 4.90. The summed E-state index contributed by atoms with van der Waals surface area (Å²) in [4.78, 5) is 11.1. The van der Waals surface area contributed by atoms with Crippen LogP contribution >= 0.6 is 0 Å². The molecule has 11 heavy (non-hydrogen) atoms. The number of hydrogen-bond donors (Lipinski definition) is 0. The van der Waals surface area contributed by atoms with Crippen LogP contribution < -0.4 is 0 Å². The molecule has 0 aliphatic heterocycles. The highest BCUT2D eigenvalue weighted by Crippen LogP contribution is 2.25. The minimum Gasteiger partial charge on any atom is -0.469 e. The first kappa shape index (κ1) is 10.2. The van der Waals surface area contributed by atoms with Gasteiger partial charge in [0.2, 0.25) is 0 Å². The highest BCUT2D eigenvalue weighted by molar-refractivity contribution is 5.76. The van der Waals surface area contributed by atoms with Crippen LogP contribution in [0.1, 0.15) is 27.2 Å². The lowest BCUT2D eigenvalue weighted by Crippen LogP contribution is -2.25. The Balaban J connectivity index is 4.21. The second-order valence-corrected chi connectivity index (χ2v) is 3.51. The van der Waals surface area contributed by atoms with E-state index in [1.807, 2.05) is 20.8 Å². The smallest absolute Gasteiger partial charge is 0.311 e. The molecule has 0 bridgehead atoms. The van der Waals surface area contributed by atoms with Gasteiger partial charge in [0.15, 0.2) is 0 Å². The van der Waals surface area contributed by atoms with Crippen molar-refractivity contribution in [3.05, 3.63) is 12.2 Å². The van der Waals surface area contributed by atoms with E-state index in [1.54, 1.807) is 0 Å². The van der Waals surface area contributed by atoms with E-state index < -0.39 is 5.41 Å². The summed E-state index contributed by atoms with van der Waals surface area (Å²) < 4.78 is 4.64. The molecule has 0 N–H and O–H groups in total. The zero-order valence-corrected chi connectivity index (χ0v) is 7.73. The van der Waals surface area contributed by atoms with Crippen LogP contribution in [0.4, 0.5) is 0 Å². The van der Waals surface area contributed by atoms with Gasteiger partial charge in [-0.15, -0.1) is 6.58 Å². The van der Waals surface area contributed by atoms with Gasteiger partial charge in [-0.25, -0.2) is 0 Å². The summed E-state index contributed by atoms with van der Waals surface area (Å²) >= 11 is 0. The number of carbonyl (C=O) groups is 1. The van der Waals surface area contributed by atoms with Gasteiger partial charge in [0, 0.05) is 0 Å². The van der Waals surface area contributed by atoms with Crippen LogP contribution in [-0.2, 0) is 9.53 Å². The summed E-state index contributed by atoms with van der Waals surface area (Å²) in [5.41, 5.74) is 0.570. The minimum atomic E-state index is -0.430. The summed E-state index contributed by atoms with van der Waals surface area (Å²) in [7, 11) is 1.41. The fourth-order valence-corrected chi connectivity index (χ4v) is 1.10. The van der Waals surface area contributed by atoms with Gasteiger partial charge in [-0.1, -0.05) is 5.57 Å². The molecular formula is C9H16O2. The first-order valence-electron chi connectivity index (χ1n) is 3.63. The van der Waals surface area contributed by atoms with E-state index in [1.165, 1.54) is 7.11 Å². The maximum atomic E-state index is 11.1. The molecule has 2 nitrogen and oxygen atoms in total. The predicted octanol–water partition coefficient (Wildman–Crippen LogP) is 2.15. The SMILES string of the molecule is C=C(C)CC(C)(C)C(=O)OC. The largest absolute Gasteiger partial charge is 0.469 e. The molecule has 0 fully saturated rings. The molecular weight excluding hydrogens is 140 g/mol. The second-order valence-electron chi connectivity index (χ2n) is 3.51. The Morgan fingerprint density at radius 1 is 1.55 bits per heavy atom. The van der Waals surface area contributed by atoms with Crippen molar-refractivity contribution < 1.29 is 9.53 Å². The van der Waals surface area contributed by atoms with E-state index in [0.29, 0.717) is 6.42 Å². The molecule has 0 amide bonds. The van der Waals surface area contributed by atoms with Crippen LogP contribution in [-0.4, -0.2) is 13.1 Å². The number of methoxy groups -OCH3 is 1. The van der Waals surface area contributed by atoms with Crippen LogP contribution in [0, 0.1) is 5.41 Å². The second kappa shape index (κ2) is 3.56. The fraction of sp³-hybridized carbons (Fsp3) is 0.667. The zero-order chi connectivity index (χ0) is 9.07. The van der Waals surface area contributed by atoms with E-state index in [0.717, 1.165) is 5.57 Å². The Labute approximate surface area is 68.2 Å². The van der Waals surface area contributed by atoms with Gasteiger partial charge in [0.25, 0.3) is 0 Å². The molecule has 0 aromatic rings. The van der Waals surface area contributed by atoms with Crippen molar-refractivity contribution in [3.63, 3.8) is 0 Å². The molecule has 0 aromatic heterocycles. The standard InChI is InChI=1S/C9H16O2/c1-7(2)6-9(3,4)8(10)11-5/h1,6H2,2-5H3. The van der Waals surface area contributed by atoms with Crippen molar-refractivity contribution in [2.45, 2.75) is 27.2 Å². The van der Waals surface area contributed by atoms with E-state index in [4.69, 9.17) is 0 Å². The van der Waals surface area contributed by atoms with Gasteiger partial charge >= 0.3 is 5.97 Å². The van der Waals surface area contributed by atoms with Crippen molar-refractivity contribution in [2.75, 3.05) is 7.11 Å². The average Bonchev–Trinajstić information content (AvgIpc) is 1.83. The summed E-state index contributed by atoms with van der Waals surface area (Å²) in [6, 6.07) is 0. The Kier molecular flexibility index (Phi) is 3.30. The highest BCUT2D eigenvalue weighted by atomic mass is 16.5. The third-order valence-electron chi connectivity index (χ3n) is 1.48. The molecule has 0 rings (SSSR count). The minimum absolute atomic E-state index is 0.180. The van der Waals surface area contributed by atoms with Crippen molar-refractivity contribution in [2.24, 2.45) is 5.41 Å². The monoisotopic (exact) mass is 156 g/mol. The Bertz CT molecular complexity index is 168. The summed E-state index contributed by atoms with van der Waals surface area (Å²) in [6.07, 6.45) is 0.680. The molecule has 0 heterocycles. The molecule has 0 saturated carbocycles. The van der Waals surface area contributed by atoms with Gasteiger partial charge in [-0.3, -0.25) is 4.79 Å². The third-order valence-corrected chi connectivity index (χ3v) is 1.48. The van der Waals surface area contributed by atoms with Crippen molar-refractivity contribution >= 4 is 5.97 Å². The number of esters is 1. The Hall–Kier alpha value is -0.790. The normalized spacial score (nSPS) is 10.9. The first-order valence-corrected chi connectivity index (χ1v) is 3.63. The van der Waals surface area contributed by atoms with Gasteiger partial charge in [-0.05, 0) is 27.2 Å². The molecule has 64 valence electrons. The highest BCUT2D eigenvalue weighted by Gasteiger charge is 2.28. The zero-order valence-electron chi connectivity index (χ0n) is 7.73. The quantitative estimate of drug-likeness (QED) is 0.462. The van der Waals surface area contributed by atoms with Crippen LogP contribution in [0.5, 0.6) is 0 Å². The maximum absolute atomic E-state index is 11.1.